The lowest BCUT2D eigenvalue weighted by atomic mass is 10.4. The standard InChI is InChI=1S/C37H62F24O18Si12/c1-5-18-86(63)74-88(25-14-34(53,54)55)66-37-65-87(19-6-2)76-89(26-15-35(56,57)58)69-81(17-10-30(41,42)43)67-80(16-9-29(38,39)40)68-84(37)27-28(36(59,60)61,64-85(62,73-88)24-13-33(50,51)52)82(71-84,22-11-31(44,45)46)70-83(37,23-12-32(47,48)49)72-90(77-87,20-7-3)79-91(75-86,78-89)21-8-4/h62-63,80-81H,5-27H2,1-4H3. The van der Waals surface area contributed by atoms with E-state index in [1.54, 1.807) is 0 Å². The van der Waals surface area contributed by atoms with Gasteiger partial charge in [0.1, 0.15) is 0 Å². The summed E-state index contributed by atoms with van der Waals surface area (Å²) < 4.78 is 471. The second-order valence-electron chi connectivity index (χ2n) is 22.7. The molecule has 9 bridgehead atoms. The van der Waals surface area contributed by atoms with Crippen molar-refractivity contribution in [2.45, 2.75) is 231 Å². The van der Waals surface area contributed by atoms with E-state index in [1.165, 1.54) is 13.8 Å². The second-order valence-corrected chi connectivity index (χ2v) is 59.0. The highest BCUT2D eigenvalue weighted by Gasteiger charge is 2.99. The van der Waals surface area contributed by atoms with Crippen molar-refractivity contribution in [2.75, 3.05) is 0 Å². The summed E-state index contributed by atoms with van der Waals surface area (Å²) in [5, 5.41) is -10.0. The third-order valence-electron chi connectivity index (χ3n) is 14.8. The van der Waals surface area contributed by atoms with E-state index in [1.807, 2.05) is 0 Å². The predicted octanol–water partition coefficient (Wildman–Crippen LogP) is 12.6. The van der Waals surface area contributed by atoms with Crippen LogP contribution in [0.4, 0.5) is 105 Å². The summed E-state index contributed by atoms with van der Waals surface area (Å²) in [6.07, 6.45) is -66.1. The fourth-order valence-electron chi connectivity index (χ4n) is 11.5. The highest BCUT2D eigenvalue weighted by atomic mass is 28.6. The summed E-state index contributed by atoms with van der Waals surface area (Å²) in [7, 11) is -80.0. The molecule has 0 aliphatic carbocycles. The molecule has 0 amide bonds. The summed E-state index contributed by atoms with van der Waals surface area (Å²) in [6.45, 7) is 4.61. The van der Waals surface area contributed by atoms with Crippen LogP contribution in [0.1, 0.15) is 98.3 Å². The predicted molar refractivity (Wildman–Crippen MR) is 279 cm³/mol. The molecule has 7 aliphatic heterocycles. The van der Waals surface area contributed by atoms with E-state index in [9.17, 15) is 49.1 Å². The van der Waals surface area contributed by atoms with E-state index < -0.39 is 309 Å². The molecule has 7 aliphatic rings. The minimum atomic E-state index is -7.49. The zero-order valence-electron chi connectivity index (χ0n) is 47.9. The number of hydrogen-bond acceptors (Lipinski definition) is 18. The number of halogens is 24. The van der Waals surface area contributed by atoms with Crippen LogP contribution in [-0.2, 0) is 66.8 Å². The van der Waals surface area contributed by atoms with Gasteiger partial charge in [0.2, 0.25) is 5.03 Å². The molecule has 0 saturated carbocycles. The Morgan fingerprint density at radius 3 is 1.18 bits per heavy atom. The lowest BCUT2D eigenvalue weighted by molar-refractivity contribution is -0.230. The molecule has 7 heterocycles. The number of fused-ring (bicyclic) bond motifs is 6. The number of alkyl halides is 24. The molecular weight excluding hydrogens is 1530 g/mol. The molecule has 54 heteroatoms. The fraction of sp³-hybridized carbons (Fsp3) is 1.00. The Morgan fingerprint density at radius 2 is 0.703 bits per heavy atom. The maximum absolute atomic E-state index is 17.6. The van der Waals surface area contributed by atoms with E-state index in [2.05, 4.69) is 0 Å². The van der Waals surface area contributed by atoms with Gasteiger partial charge in [-0.2, -0.15) is 105 Å². The first-order chi connectivity index (χ1) is 41.0. The third-order valence-corrected chi connectivity index (χ3v) is 68.7. The number of hydrogen-bond donors (Lipinski definition) is 2. The second kappa shape index (κ2) is 26.3. The Hall–Kier alpha value is 0.203. The SMILES string of the molecule is CCC[Si]1(O)O[Si]2(CCC(F)(F)F)OC34O[Si]5(CCC)O[Si]6(CCC(F)(F)F)O[SiH](CCC(F)(F)F)O[SiH](CCC(F)(F)F)O[Si]37CC(C(F)(F)F)(O[Si](O)(CCC(F)(F)F)O2)[Si](CCC(F)(F)F)(O7)O[Si]4(CCC(F)(F)F)O[Si](CCC)(O5)O[Si](CCC)(O1)O6. The average Bonchev–Trinajstić information content (AvgIpc) is 1.49. The van der Waals surface area contributed by atoms with Gasteiger partial charge >= 0.3 is 155 Å². The summed E-state index contributed by atoms with van der Waals surface area (Å²) in [5.41, 5.74) is 0. The van der Waals surface area contributed by atoms with Crippen molar-refractivity contribution in [3.63, 3.8) is 0 Å². The summed E-state index contributed by atoms with van der Waals surface area (Å²) in [4.78, 5) is 26.2. The fourth-order valence-corrected chi connectivity index (χ4v) is 84.2. The first-order valence-electron chi connectivity index (χ1n) is 28.1. The van der Waals surface area contributed by atoms with Crippen LogP contribution >= 0.6 is 0 Å². The highest BCUT2D eigenvalue weighted by Crippen LogP contribution is 2.69. The largest absolute Gasteiger partial charge is 0.491 e. The van der Waals surface area contributed by atoms with Crippen LogP contribution in [0.5, 0.6) is 0 Å². The zero-order valence-corrected chi connectivity index (χ0v) is 60.2. The molecule has 534 valence electrons. The maximum atomic E-state index is 17.6. The minimum Gasteiger partial charge on any atom is -0.420 e. The Balaban J connectivity index is 1.89. The molecule has 7 rings (SSSR count). The minimum absolute atomic E-state index is 0.545. The molecule has 7 saturated heterocycles. The van der Waals surface area contributed by atoms with Crippen LogP contribution < -0.4 is 0 Å². The van der Waals surface area contributed by atoms with Crippen LogP contribution in [0, 0.1) is 0 Å². The van der Waals surface area contributed by atoms with Crippen molar-refractivity contribution in [3.05, 3.63) is 0 Å². The van der Waals surface area contributed by atoms with Crippen LogP contribution in [0.15, 0.2) is 0 Å². The molecule has 2 N–H and O–H groups in total. The zero-order chi connectivity index (χ0) is 68.7. The van der Waals surface area contributed by atoms with E-state index >= 15 is 65.9 Å². The quantitative estimate of drug-likeness (QED) is 0.0768. The first-order valence-corrected chi connectivity index (χ1v) is 51.3. The maximum Gasteiger partial charge on any atom is 0.491 e. The summed E-state index contributed by atoms with van der Waals surface area (Å²) in [5.74, 6) is 0. The highest BCUT2D eigenvalue weighted by molar-refractivity contribution is 7.10. The van der Waals surface area contributed by atoms with Gasteiger partial charge in [-0.15, -0.1) is 0 Å². The number of rotatable bonds is 22. The van der Waals surface area contributed by atoms with Crippen molar-refractivity contribution in [3.8, 4) is 0 Å². The Bertz CT molecular complexity index is 2530. The molecule has 14 atom stereocenters. The molecule has 91 heavy (non-hydrogen) atoms. The topological polar surface area (TPSA) is 188 Å². The van der Waals surface area contributed by atoms with Gasteiger partial charge in [0.15, 0.2) is 5.22 Å². The van der Waals surface area contributed by atoms with Crippen molar-refractivity contribution in [1.29, 1.82) is 0 Å². The molecule has 7 fully saturated rings. The van der Waals surface area contributed by atoms with Crippen molar-refractivity contribution in [1.82, 2.24) is 0 Å². The summed E-state index contributed by atoms with van der Waals surface area (Å²) >= 11 is 0. The molecule has 0 radical (unpaired) electrons. The van der Waals surface area contributed by atoms with Gasteiger partial charge in [0.25, 0.3) is 0 Å². The van der Waals surface area contributed by atoms with E-state index in [0.29, 0.717) is 0 Å². The van der Waals surface area contributed by atoms with Gasteiger partial charge in [-0.25, -0.2) is 0 Å². The monoisotopic (exact) mass is 1590 g/mol. The van der Waals surface area contributed by atoms with E-state index in [0.717, 1.165) is 13.8 Å². The molecule has 0 aromatic carbocycles. The van der Waals surface area contributed by atoms with Crippen LogP contribution in [0.2, 0.25) is 72.5 Å². The van der Waals surface area contributed by atoms with Crippen molar-refractivity contribution in [2.24, 2.45) is 0 Å². The van der Waals surface area contributed by atoms with Gasteiger partial charge in [0, 0.05) is 105 Å². The lowest BCUT2D eigenvalue weighted by Gasteiger charge is -2.61. The van der Waals surface area contributed by atoms with Crippen LogP contribution in [0.25, 0.3) is 0 Å². The van der Waals surface area contributed by atoms with Gasteiger partial charge < -0.3 is 76.4 Å². The molecule has 0 aromatic rings. The van der Waals surface area contributed by atoms with Gasteiger partial charge in [-0.1, -0.05) is 53.4 Å². The molecular formula is C37H62F24O18Si12. The first kappa shape index (κ1) is 78.5. The Kier molecular flexibility index (Phi) is 22.7. The summed E-state index contributed by atoms with van der Waals surface area (Å²) in [6, 6.07) is -22.3. The van der Waals surface area contributed by atoms with Crippen molar-refractivity contribution >= 4 is 106 Å². The molecule has 0 aromatic heterocycles. The average molecular weight is 1590 g/mol. The molecule has 18 nitrogen and oxygen atoms in total. The molecule has 14 unspecified atom stereocenters. The van der Waals surface area contributed by atoms with E-state index in [-0.39, 0.29) is 0 Å². The Morgan fingerprint density at radius 1 is 0.341 bits per heavy atom. The smallest absolute Gasteiger partial charge is 0.420 e. The van der Waals surface area contributed by atoms with Gasteiger partial charge in [0.05, 0.1) is 0 Å². The van der Waals surface area contributed by atoms with Crippen molar-refractivity contribution < 1.29 is 182 Å². The Labute approximate surface area is 516 Å². The van der Waals surface area contributed by atoms with Gasteiger partial charge in [-0.05, 0) is 12.1 Å². The van der Waals surface area contributed by atoms with Gasteiger partial charge in [-0.3, -0.25) is 0 Å². The van der Waals surface area contributed by atoms with Crippen LogP contribution in [-0.4, -0.2) is 175 Å². The normalized spacial score (nSPS) is 40.3. The van der Waals surface area contributed by atoms with Crippen LogP contribution in [0.3, 0.4) is 0 Å². The van der Waals surface area contributed by atoms with E-state index in [4.69, 9.17) is 66.8 Å². The molecule has 2 spiro atoms. The lowest BCUT2D eigenvalue weighted by Crippen LogP contribution is -2.89. The third kappa shape index (κ3) is 18.0.